The monoisotopic (exact) mass is 567 g/mol. The lowest BCUT2D eigenvalue weighted by atomic mass is 10.1. The number of aliphatic imine (C=N–C) groups is 1. The summed E-state index contributed by atoms with van der Waals surface area (Å²) in [6, 6.07) is 14.9. The Kier molecular flexibility index (Phi) is 12.0. The molecule has 2 aromatic rings. The normalized spacial score (nSPS) is 14.3. The van der Waals surface area contributed by atoms with Crippen LogP contribution in [0.4, 0.5) is 0 Å². The van der Waals surface area contributed by atoms with Gasteiger partial charge in [0.2, 0.25) is 0 Å². The zero-order valence-electron chi connectivity index (χ0n) is 19.0. The van der Waals surface area contributed by atoms with Crippen LogP contribution in [0.15, 0.2) is 53.5 Å². The largest absolute Gasteiger partial charge is 0.507 e. The van der Waals surface area contributed by atoms with E-state index in [4.69, 9.17) is 9.73 Å². The number of hydrogen-bond acceptors (Lipinski definition) is 5. The lowest BCUT2D eigenvalue weighted by Gasteiger charge is -2.27. The number of aromatic hydroxyl groups is 1. The summed E-state index contributed by atoms with van der Waals surface area (Å²) in [5.41, 5.74) is 2.75. The van der Waals surface area contributed by atoms with E-state index in [9.17, 15) is 9.90 Å². The fraction of sp³-hybridized carbons (Fsp3) is 0.417. The number of phenolic OH excluding ortho intramolecular Hbond substituents is 1. The molecule has 1 aliphatic rings. The highest BCUT2D eigenvalue weighted by Gasteiger charge is 2.13. The first-order chi connectivity index (χ1) is 15.7. The van der Waals surface area contributed by atoms with Gasteiger partial charge in [0.1, 0.15) is 5.75 Å². The number of morpholine rings is 1. The van der Waals surface area contributed by atoms with Gasteiger partial charge >= 0.3 is 0 Å². The molecule has 180 valence electrons. The Hall–Kier alpha value is -2.37. The summed E-state index contributed by atoms with van der Waals surface area (Å²) >= 11 is 0. The summed E-state index contributed by atoms with van der Waals surface area (Å²) in [5, 5.41) is 19.1. The maximum atomic E-state index is 12.2. The summed E-state index contributed by atoms with van der Waals surface area (Å²) in [7, 11) is 0. The van der Waals surface area contributed by atoms with Gasteiger partial charge in [-0.25, -0.2) is 4.99 Å². The molecule has 1 saturated heterocycles. The van der Waals surface area contributed by atoms with Crippen molar-refractivity contribution in [3.63, 3.8) is 0 Å². The van der Waals surface area contributed by atoms with Gasteiger partial charge in [0.05, 0.1) is 25.3 Å². The van der Waals surface area contributed by atoms with Crippen LogP contribution in [0, 0.1) is 0 Å². The third kappa shape index (κ3) is 8.82. The number of carbonyl (C=O) groups is 1. The summed E-state index contributed by atoms with van der Waals surface area (Å²) in [4.78, 5) is 19.3. The van der Waals surface area contributed by atoms with E-state index in [-0.39, 0.29) is 41.2 Å². The third-order valence-corrected chi connectivity index (χ3v) is 5.22. The summed E-state index contributed by atoms with van der Waals surface area (Å²) < 4.78 is 5.45. The second-order valence-electron chi connectivity index (χ2n) is 7.55. The second-order valence-corrected chi connectivity index (χ2v) is 7.55. The van der Waals surface area contributed by atoms with Gasteiger partial charge in [-0.1, -0.05) is 36.4 Å². The van der Waals surface area contributed by atoms with E-state index in [1.54, 1.807) is 18.2 Å². The molecule has 3 rings (SSSR count). The topological polar surface area (TPSA) is 98.2 Å². The zero-order chi connectivity index (χ0) is 22.6. The van der Waals surface area contributed by atoms with Crippen molar-refractivity contribution in [1.29, 1.82) is 0 Å². The molecule has 0 aromatic heterocycles. The molecule has 33 heavy (non-hydrogen) atoms. The summed E-state index contributed by atoms with van der Waals surface area (Å²) in [5.74, 6) is 0.373. The van der Waals surface area contributed by atoms with Crippen LogP contribution in [-0.4, -0.2) is 67.8 Å². The molecule has 1 fully saturated rings. The molecule has 2 aromatic carbocycles. The molecule has 1 heterocycles. The van der Waals surface area contributed by atoms with E-state index < -0.39 is 0 Å². The zero-order valence-corrected chi connectivity index (χ0v) is 21.4. The molecule has 0 unspecified atom stereocenters. The number of para-hydroxylation sites is 1. The second kappa shape index (κ2) is 14.7. The van der Waals surface area contributed by atoms with Gasteiger partial charge in [0.25, 0.3) is 5.91 Å². The van der Waals surface area contributed by atoms with Crippen LogP contribution in [0.25, 0.3) is 0 Å². The molecule has 0 atom stereocenters. The molecule has 0 saturated carbocycles. The lowest BCUT2D eigenvalue weighted by molar-refractivity contribution is 0.0341. The first kappa shape index (κ1) is 26.9. The number of carbonyl (C=O) groups excluding carboxylic acids is 1. The molecule has 1 aliphatic heterocycles. The van der Waals surface area contributed by atoms with Crippen LogP contribution < -0.4 is 16.0 Å². The fourth-order valence-electron chi connectivity index (χ4n) is 3.49. The third-order valence-electron chi connectivity index (χ3n) is 5.22. The number of ether oxygens (including phenoxy) is 1. The molecule has 0 radical (unpaired) electrons. The van der Waals surface area contributed by atoms with Crippen LogP contribution >= 0.6 is 24.0 Å². The molecule has 0 bridgehead atoms. The Morgan fingerprint density at radius 3 is 2.39 bits per heavy atom. The quantitative estimate of drug-likeness (QED) is 0.161. The Morgan fingerprint density at radius 2 is 1.67 bits per heavy atom. The van der Waals surface area contributed by atoms with Crippen LogP contribution in [0.2, 0.25) is 0 Å². The number of guanidine groups is 1. The highest BCUT2D eigenvalue weighted by molar-refractivity contribution is 14.0. The van der Waals surface area contributed by atoms with Crippen molar-refractivity contribution < 1.29 is 14.6 Å². The van der Waals surface area contributed by atoms with Crippen molar-refractivity contribution in [3.05, 3.63) is 65.2 Å². The van der Waals surface area contributed by atoms with Crippen LogP contribution in [0.5, 0.6) is 5.75 Å². The standard InChI is InChI=1S/C24H33N5O3.HI/c1-2-25-24(27-12-11-26-23(31)21-9-5-6-10-22(21)30)28-17-19-7-3-4-8-20(19)18-29-13-15-32-16-14-29;/h3-10,30H,2,11-18H2,1H3,(H,26,31)(H2,25,27,28);1H. The summed E-state index contributed by atoms with van der Waals surface area (Å²) in [6.07, 6.45) is 0. The molecular weight excluding hydrogens is 533 g/mol. The van der Waals surface area contributed by atoms with E-state index in [1.165, 1.54) is 17.2 Å². The van der Waals surface area contributed by atoms with Gasteiger partial charge in [-0.2, -0.15) is 0 Å². The Balaban J connectivity index is 0.00000385. The summed E-state index contributed by atoms with van der Waals surface area (Å²) in [6.45, 7) is 8.63. The van der Waals surface area contributed by atoms with E-state index in [1.807, 2.05) is 13.0 Å². The number of nitrogens with one attached hydrogen (secondary N) is 3. The molecule has 0 aliphatic carbocycles. The highest BCUT2D eigenvalue weighted by Crippen LogP contribution is 2.15. The molecule has 9 heteroatoms. The molecular formula is C24H34IN5O3. The number of halogens is 1. The minimum Gasteiger partial charge on any atom is -0.507 e. The molecule has 4 N–H and O–H groups in total. The van der Waals surface area contributed by atoms with Crippen molar-refractivity contribution in [3.8, 4) is 5.75 Å². The minimum atomic E-state index is -0.302. The van der Waals surface area contributed by atoms with E-state index >= 15 is 0 Å². The first-order valence-corrected chi connectivity index (χ1v) is 11.1. The Morgan fingerprint density at radius 1 is 1.00 bits per heavy atom. The van der Waals surface area contributed by atoms with Gasteiger partial charge < -0.3 is 25.8 Å². The van der Waals surface area contributed by atoms with Crippen LogP contribution in [-0.2, 0) is 17.8 Å². The lowest BCUT2D eigenvalue weighted by Crippen LogP contribution is -2.41. The first-order valence-electron chi connectivity index (χ1n) is 11.1. The predicted molar refractivity (Wildman–Crippen MR) is 141 cm³/mol. The smallest absolute Gasteiger partial charge is 0.255 e. The van der Waals surface area contributed by atoms with E-state index in [0.717, 1.165) is 39.4 Å². The number of phenols is 1. The van der Waals surface area contributed by atoms with Crippen molar-refractivity contribution in [2.75, 3.05) is 45.9 Å². The van der Waals surface area contributed by atoms with Gasteiger partial charge in [-0.15, -0.1) is 24.0 Å². The average Bonchev–Trinajstić information content (AvgIpc) is 2.82. The maximum absolute atomic E-state index is 12.2. The maximum Gasteiger partial charge on any atom is 0.255 e. The SMILES string of the molecule is CCNC(=NCc1ccccc1CN1CCOCC1)NCCNC(=O)c1ccccc1O.I. The minimum absolute atomic E-state index is 0. The van der Waals surface area contributed by atoms with Gasteiger partial charge in [-0.05, 0) is 30.2 Å². The molecule has 0 spiro atoms. The highest BCUT2D eigenvalue weighted by atomic mass is 127. The van der Waals surface area contributed by atoms with E-state index in [0.29, 0.717) is 25.6 Å². The van der Waals surface area contributed by atoms with Crippen molar-refractivity contribution in [2.24, 2.45) is 4.99 Å². The average molecular weight is 567 g/mol. The van der Waals surface area contributed by atoms with Crippen molar-refractivity contribution in [1.82, 2.24) is 20.9 Å². The number of rotatable bonds is 9. The van der Waals surface area contributed by atoms with E-state index in [2.05, 4.69) is 39.0 Å². The Bertz CT molecular complexity index is 903. The Labute approximate surface area is 212 Å². The van der Waals surface area contributed by atoms with Crippen LogP contribution in [0.1, 0.15) is 28.4 Å². The van der Waals surface area contributed by atoms with Gasteiger partial charge in [-0.3, -0.25) is 9.69 Å². The van der Waals surface area contributed by atoms with Crippen molar-refractivity contribution >= 4 is 35.8 Å². The van der Waals surface area contributed by atoms with Gasteiger partial charge in [0, 0.05) is 39.3 Å². The number of hydrogen-bond donors (Lipinski definition) is 4. The predicted octanol–water partition coefficient (Wildman–Crippen LogP) is 2.33. The van der Waals surface area contributed by atoms with Crippen LogP contribution in [0.3, 0.4) is 0 Å². The van der Waals surface area contributed by atoms with Gasteiger partial charge in [0.15, 0.2) is 5.96 Å². The molecule has 1 amide bonds. The number of nitrogens with zero attached hydrogens (tertiary/aromatic N) is 2. The van der Waals surface area contributed by atoms with Crippen molar-refractivity contribution in [2.45, 2.75) is 20.0 Å². The number of benzene rings is 2. The fourth-order valence-corrected chi connectivity index (χ4v) is 3.49. The number of amides is 1. The molecule has 8 nitrogen and oxygen atoms in total.